The van der Waals surface area contributed by atoms with Crippen LogP contribution in [0, 0.1) is 0 Å². The van der Waals surface area contributed by atoms with E-state index >= 15 is 0 Å². The molecule has 1 aromatic heterocycles. The molecule has 21 heavy (non-hydrogen) atoms. The van der Waals surface area contributed by atoms with Gasteiger partial charge in [-0.15, -0.1) is 11.3 Å². The van der Waals surface area contributed by atoms with Crippen LogP contribution in [0.15, 0.2) is 41.8 Å². The summed E-state index contributed by atoms with van der Waals surface area (Å²) in [6, 6.07) is 11.5. The third kappa shape index (κ3) is 4.99. The molecule has 0 spiro atoms. The average molecular weight is 303 g/mol. The van der Waals surface area contributed by atoms with Crippen molar-refractivity contribution in [1.82, 2.24) is 4.90 Å². The van der Waals surface area contributed by atoms with Gasteiger partial charge in [-0.1, -0.05) is 25.1 Å². The molecule has 0 aliphatic rings. The summed E-state index contributed by atoms with van der Waals surface area (Å²) in [4.78, 5) is 14.7. The molecule has 4 heteroatoms. The quantitative estimate of drug-likeness (QED) is 0.804. The van der Waals surface area contributed by atoms with E-state index in [2.05, 4.69) is 29.3 Å². The number of thiophene rings is 1. The van der Waals surface area contributed by atoms with Gasteiger partial charge < -0.3 is 5.11 Å². The average Bonchev–Trinajstić information content (AvgIpc) is 2.99. The number of aromatic carboxylic acids is 1. The van der Waals surface area contributed by atoms with Crippen molar-refractivity contribution in [1.29, 1.82) is 0 Å². The van der Waals surface area contributed by atoms with Crippen molar-refractivity contribution in [2.45, 2.75) is 26.3 Å². The molecule has 0 atom stereocenters. The molecule has 0 aliphatic carbocycles. The Bertz CT molecular complexity index is 549. The minimum absolute atomic E-state index is 0.347. The van der Waals surface area contributed by atoms with E-state index in [9.17, 15) is 4.79 Å². The molecule has 0 amide bonds. The lowest BCUT2D eigenvalue weighted by molar-refractivity contribution is 0.0697. The Labute approximate surface area is 129 Å². The predicted octanol–water partition coefficient (Wildman–Crippen LogP) is 3.90. The van der Waals surface area contributed by atoms with Crippen molar-refractivity contribution in [3.63, 3.8) is 0 Å². The molecular weight excluding hydrogens is 282 g/mol. The maximum atomic E-state index is 10.9. The maximum Gasteiger partial charge on any atom is 0.335 e. The monoisotopic (exact) mass is 303 g/mol. The summed E-state index contributed by atoms with van der Waals surface area (Å²) in [6.45, 7) is 5.16. The summed E-state index contributed by atoms with van der Waals surface area (Å²) < 4.78 is 0. The number of hydrogen-bond donors (Lipinski definition) is 1. The Kier molecular flexibility index (Phi) is 5.96. The van der Waals surface area contributed by atoms with Crippen LogP contribution < -0.4 is 0 Å². The summed E-state index contributed by atoms with van der Waals surface area (Å²) in [6.07, 6.45) is 2.20. The summed E-state index contributed by atoms with van der Waals surface area (Å²) in [5.41, 5.74) is 1.51. The van der Waals surface area contributed by atoms with E-state index in [0.717, 1.165) is 32.5 Å². The summed E-state index contributed by atoms with van der Waals surface area (Å²) in [7, 11) is 0. The van der Waals surface area contributed by atoms with Crippen LogP contribution >= 0.6 is 11.3 Å². The van der Waals surface area contributed by atoms with Crippen LogP contribution in [0.1, 0.15) is 34.1 Å². The summed E-state index contributed by atoms with van der Waals surface area (Å²) >= 11 is 1.80. The molecule has 0 radical (unpaired) electrons. The molecule has 1 heterocycles. The fraction of sp³-hybridized carbons (Fsp3) is 0.353. The third-order valence-electron chi connectivity index (χ3n) is 3.40. The van der Waals surface area contributed by atoms with Crippen LogP contribution in [0.3, 0.4) is 0 Å². The molecule has 2 rings (SSSR count). The van der Waals surface area contributed by atoms with Crippen molar-refractivity contribution in [2.24, 2.45) is 0 Å². The zero-order valence-corrected chi connectivity index (χ0v) is 13.1. The SMILES string of the molecule is CCCN(CCc1cccs1)Cc1ccc(C(=O)O)cc1. The van der Waals surface area contributed by atoms with E-state index in [1.54, 1.807) is 23.5 Å². The van der Waals surface area contributed by atoms with E-state index in [0.29, 0.717) is 5.56 Å². The first-order chi connectivity index (χ1) is 10.2. The van der Waals surface area contributed by atoms with E-state index in [1.165, 1.54) is 10.4 Å². The highest BCUT2D eigenvalue weighted by Gasteiger charge is 2.07. The number of nitrogens with zero attached hydrogens (tertiary/aromatic N) is 1. The standard InChI is InChI=1S/C17H21NO2S/c1-2-10-18(11-9-16-4-3-12-21-16)13-14-5-7-15(8-6-14)17(19)20/h3-8,12H,2,9-11,13H2,1H3,(H,19,20). The topological polar surface area (TPSA) is 40.5 Å². The molecular formula is C17H21NO2S. The van der Waals surface area contributed by atoms with E-state index in [-0.39, 0.29) is 0 Å². The van der Waals surface area contributed by atoms with Gasteiger partial charge in [-0.3, -0.25) is 4.90 Å². The third-order valence-corrected chi connectivity index (χ3v) is 4.34. The van der Waals surface area contributed by atoms with Gasteiger partial charge in [-0.25, -0.2) is 4.79 Å². The minimum Gasteiger partial charge on any atom is -0.478 e. The van der Waals surface area contributed by atoms with Crippen molar-refractivity contribution >= 4 is 17.3 Å². The molecule has 0 unspecified atom stereocenters. The zero-order valence-electron chi connectivity index (χ0n) is 12.3. The van der Waals surface area contributed by atoms with Gasteiger partial charge in [-0.05, 0) is 48.5 Å². The Morgan fingerprint density at radius 3 is 2.52 bits per heavy atom. The van der Waals surface area contributed by atoms with E-state index < -0.39 is 5.97 Å². The van der Waals surface area contributed by atoms with Crippen molar-refractivity contribution in [3.8, 4) is 0 Å². The molecule has 1 N–H and O–H groups in total. The minimum atomic E-state index is -0.871. The fourth-order valence-corrected chi connectivity index (χ4v) is 3.02. The maximum absolute atomic E-state index is 10.9. The van der Waals surface area contributed by atoms with Crippen LogP contribution in [0.25, 0.3) is 0 Å². The van der Waals surface area contributed by atoms with Crippen LogP contribution in [0.5, 0.6) is 0 Å². The number of rotatable bonds is 8. The molecule has 112 valence electrons. The number of carboxylic acid groups (broad SMARTS) is 1. The van der Waals surface area contributed by atoms with Gasteiger partial charge in [0.25, 0.3) is 0 Å². The number of benzene rings is 1. The molecule has 0 saturated carbocycles. The van der Waals surface area contributed by atoms with Crippen LogP contribution in [0.4, 0.5) is 0 Å². The second-order valence-electron chi connectivity index (χ2n) is 5.11. The first-order valence-electron chi connectivity index (χ1n) is 7.26. The Morgan fingerprint density at radius 2 is 1.95 bits per heavy atom. The van der Waals surface area contributed by atoms with Crippen LogP contribution in [0.2, 0.25) is 0 Å². The molecule has 0 saturated heterocycles. The highest BCUT2D eigenvalue weighted by Crippen LogP contribution is 2.12. The lowest BCUT2D eigenvalue weighted by Gasteiger charge is -2.21. The van der Waals surface area contributed by atoms with E-state index in [1.807, 2.05) is 12.1 Å². The fourth-order valence-electron chi connectivity index (χ4n) is 2.32. The summed E-state index contributed by atoms with van der Waals surface area (Å²) in [5, 5.41) is 11.0. The van der Waals surface area contributed by atoms with Gasteiger partial charge in [0.05, 0.1) is 5.56 Å². The second kappa shape index (κ2) is 7.96. The number of carboxylic acids is 1. The van der Waals surface area contributed by atoms with Gasteiger partial charge >= 0.3 is 5.97 Å². The Balaban J connectivity index is 1.93. The lowest BCUT2D eigenvalue weighted by atomic mass is 10.1. The molecule has 0 fully saturated rings. The molecule has 0 bridgehead atoms. The normalized spacial score (nSPS) is 11.0. The highest BCUT2D eigenvalue weighted by molar-refractivity contribution is 7.09. The number of hydrogen-bond acceptors (Lipinski definition) is 3. The number of carbonyl (C=O) groups is 1. The lowest BCUT2D eigenvalue weighted by Crippen LogP contribution is -2.26. The first kappa shape index (κ1) is 15.7. The molecule has 0 aliphatic heterocycles. The van der Waals surface area contributed by atoms with Crippen molar-refractivity contribution in [2.75, 3.05) is 13.1 Å². The van der Waals surface area contributed by atoms with Gasteiger partial charge in [0.15, 0.2) is 0 Å². The smallest absolute Gasteiger partial charge is 0.335 e. The molecule has 1 aromatic carbocycles. The van der Waals surface area contributed by atoms with Crippen LogP contribution in [-0.2, 0) is 13.0 Å². The second-order valence-corrected chi connectivity index (χ2v) is 6.14. The van der Waals surface area contributed by atoms with Gasteiger partial charge in [0.1, 0.15) is 0 Å². The van der Waals surface area contributed by atoms with Crippen molar-refractivity contribution in [3.05, 3.63) is 57.8 Å². The van der Waals surface area contributed by atoms with E-state index in [4.69, 9.17) is 5.11 Å². The van der Waals surface area contributed by atoms with Gasteiger partial charge in [-0.2, -0.15) is 0 Å². The molecule has 3 nitrogen and oxygen atoms in total. The largest absolute Gasteiger partial charge is 0.478 e. The Hall–Kier alpha value is -1.65. The predicted molar refractivity (Wildman–Crippen MR) is 87.0 cm³/mol. The van der Waals surface area contributed by atoms with Crippen molar-refractivity contribution < 1.29 is 9.90 Å². The molecule has 2 aromatic rings. The van der Waals surface area contributed by atoms with Gasteiger partial charge in [0.2, 0.25) is 0 Å². The zero-order chi connectivity index (χ0) is 15.1. The highest BCUT2D eigenvalue weighted by atomic mass is 32.1. The van der Waals surface area contributed by atoms with Gasteiger partial charge in [0, 0.05) is 18.0 Å². The Morgan fingerprint density at radius 1 is 1.19 bits per heavy atom. The summed E-state index contributed by atoms with van der Waals surface area (Å²) in [5.74, 6) is -0.871. The first-order valence-corrected chi connectivity index (χ1v) is 8.14. The van der Waals surface area contributed by atoms with Crippen LogP contribution in [-0.4, -0.2) is 29.1 Å².